The SMILES string of the molecule is C.OB(O)Oc1c(F)c(F)c(F)c(F)c1F.c1ccc(-c2ccccc2)cc1. The van der Waals surface area contributed by atoms with Gasteiger partial charge in [0.05, 0.1) is 0 Å². The van der Waals surface area contributed by atoms with Crippen molar-refractivity contribution >= 4 is 7.32 Å². The molecule has 0 saturated carbocycles. The molecule has 0 atom stereocenters. The Labute approximate surface area is 158 Å². The zero-order valence-corrected chi connectivity index (χ0v) is 13.5. The lowest BCUT2D eigenvalue weighted by molar-refractivity contribution is 0.263. The summed E-state index contributed by atoms with van der Waals surface area (Å²) in [6.07, 6.45) is 0. The van der Waals surface area contributed by atoms with E-state index < -0.39 is 42.2 Å². The maximum absolute atomic E-state index is 12.7. The van der Waals surface area contributed by atoms with Crippen molar-refractivity contribution in [3.05, 3.63) is 89.7 Å². The lowest BCUT2D eigenvalue weighted by Gasteiger charge is -2.08. The second kappa shape index (κ2) is 10.4. The highest BCUT2D eigenvalue weighted by molar-refractivity contribution is 6.33. The fourth-order valence-corrected chi connectivity index (χ4v) is 2.05. The van der Waals surface area contributed by atoms with Crippen LogP contribution in [0.15, 0.2) is 60.7 Å². The molecule has 0 heterocycles. The van der Waals surface area contributed by atoms with Crippen LogP contribution in [0.25, 0.3) is 11.1 Å². The first-order chi connectivity index (χ1) is 12.8. The minimum absolute atomic E-state index is 0. The van der Waals surface area contributed by atoms with Gasteiger partial charge in [0.2, 0.25) is 29.1 Å². The second-order valence-electron chi connectivity index (χ2n) is 5.08. The highest BCUT2D eigenvalue weighted by Gasteiger charge is 2.29. The quantitative estimate of drug-likeness (QED) is 0.291. The molecule has 3 nitrogen and oxygen atoms in total. The summed E-state index contributed by atoms with van der Waals surface area (Å²) in [5.41, 5.74) is 2.55. The van der Waals surface area contributed by atoms with Crippen molar-refractivity contribution < 1.29 is 36.7 Å². The number of rotatable bonds is 3. The number of benzene rings is 3. The molecular weight excluding hydrogens is 382 g/mol. The van der Waals surface area contributed by atoms with Crippen molar-refractivity contribution in [1.82, 2.24) is 0 Å². The molecule has 0 aliphatic carbocycles. The highest BCUT2D eigenvalue weighted by atomic mass is 19.2. The number of hydrogen-bond donors (Lipinski definition) is 2. The Hall–Kier alpha value is -2.91. The van der Waals surface area contributed by atoms with E-state index in [9.17, 15) is 22.0 Å². The Balaban J connectivity index is 0.000000275. The molecule has 9 heteroatoms. The predicted octanol–water partition coefficient (Wildman–Crippen LogP) is 4.72. The van der Waals surface area contributed by atoms with Gasteiger partial charge in [0.1, 0.15) is 0 Å². The first-order valence-corrected chi connectivity index (χ1v) is 7.47. The van der Waals surface area contributed by atoms with Crippen LogP contribution in [0.1, 0.15) is 7.43 Å². The molecule has 3 aromatic rings. The van der Waals surface area contributed by atoms with E-state index in [0.717, 1.165) is 0 Å². The molecule has 0 amide bonds. The van der Waals surface area contributed by atoms with Crippen LogP contribution in [0.5, 0.6) is 5.75 Å². The second-order valence-corrected chi connectivity index (χ2v) is 5.08. The van der Waals surface area contributed by atoms with Gasteiger partial charge in [0.25, 0.3) is 0 Å². The van der Waals surface area contributed by atoms with E-state index in [-0.39, 0.29) is 7.43 Å². The summed E-state index contributed by atoms with van der Waals surface area (Å²) >= 11 is 0. The summed E-state index contributed by atoms with van der Waals surface area (Å²) in [4.78, 5) is 0. The van der Waals surface area contributed by atoms with Crippen LogP contribution in [0.2, 0.25) is 0 Å². The van der Waals surface area contributed by atoms with Crippen LogP contribution in [0.4, 0.5) is 22.0 Å². The van der Waals surface area contributed by atoms with Crippen LogP contribution in [0, 0.1) is 29.1 Å². The molecule has 148 valence electrons. The molecule has 0 fully saturated rings. The van der Waals surface area contributed by atoms with Crippen molar-refractivity contribution in [3.63, 3.8) is 0 Å². The monoisotopic (exact) mass is 398 g/mol. The summed E-state index contributed by atoms with van der Waals surface area (Å²) in [5.74, 6) is -13.1. The van der Waals surface area contributed by atoms with Crippen molar-refractivity contribution in [1.29, 1.82) is 0 Å². The molecular formula is C19H16BF5O3. The molecule has 0 bridgehead atoms. The molecule has 0 aromatic heterocycles. The van der Waals surface area contributed by atoms with Gasteiger partial charge in [-0.05, 0) is 11.1 Å². The Bertz CT molecular complexity index is 827. The fraction of sp³-hybridized carbons (Fsp3) is 0.0526. The first kappa shape index (κ1) is 23.1. The topological polar surface area (TPSA) is 49.7 Å². The van der Waals surface area contributed by atoms with E-state index in [0.29, 0.717) is 0 Å². The van der Waals surface area contributed by atoms with E-state index in [1.807, 2.05) is 12.1 Å². The molecule has 0 radical (unpaired) electrons. The Morgan fingerprint density at radius 1 is 0.571 bits per heavy atom. The summed E-state index contributed by atoms with van der Waals surface area (Å²) in [5, 5.41) is 16.3. The zero-order chi connectivity index (χ0) is 20.0. The molecule has 2 N–H and O–H groups in total. The van der Waals surface area contributed by atoms with Gasteiger partial charge in [0.15, 0.2) is 5.75 Å². The molecule has 0 spiro atoms. The standard InChI is InChI=1S/C12H10.C6H2BF5O3.CH4/c1-3-7-11(8-4-1)12-9-5-2-6-10-12;8-1-2(9)4(11)6(15-7(13)14)5(12)3(1)10;/h1-10H;13-14H;1H4. The molecule has 0 unspecified atom stereocenters. The lowest BCUT2D eigenvalue weighted by Crippen LogP contribution is -2.23. The van der Waals surface area contributed by atoms with Crippen LogP contribution >= 0.6 is 0 Å². The van der Waals surface area contributed by atoms with Gasteiger partial charge in [-0.2, -0.15) is 8.78 Å². The molecule has 0 aliphatic heterocycles. The Morgan fingerprint density at radius 3 is 1.21 bits per heavy atom. The van der Waals surface area contributed by atoms with Gasteiger partial charge in [-0.25, -0.2) is 13.2 Å². The predicted molar refractivity (Wildman–Crippen MR) is 95.7 cm³/mol. The van der Waals surface area contributed by atoms with Crippen molar-refractivity contribution in [2.24, 2.45) is 0 Å². The maximum atomic E-state index is 12.7. The molecule has 3 rings (SSSR count). The van der Waals surface area contributed by atoms with E-state index in [4.69, 9.17) is 10.0 Å². The maximum Gasteiger partial charge on any atom is 0.707 e. The Morgan fingerprint density at radius 2 is 0.893 bits per heavy atom. The fourth-order valence-electron chi connectivity index (χ4n) is 2.05. The first-order valence-electron chi connectivity index (χ1n) is 7.47. The van der Waals surface area contributed by atoms with Crippen molar-refractivity contribution in [2.45, 2.75) is 7.43 Å². The zero-order valence-electron chi connectivity index (χ0n) is 13.5. The molecule has 3 aromatic carbocycles. The minimum Gasteiger partial charge on any atom is -0.507 e. The van der Waals surface area contributed by atoms with Crippen molar-refractivity contribution in [2.75, 3.05) is 0 Å². The van der Waals surface area contributed by atoms with Crippen LogP contribution in [-0.4, -0.2) is 17.4 Å². The smallest absolute Gasteiger partial charge is 0.507 e. The van der Waals surface area contributed by atoms with Crippen LogP contribution in [-0.2, 0) is 0 Å². The lowest BCUT2D eigenvalue weighted by atomic mass is 10.1. The average Bonchev–Trinajstić information content (AvgIpc) is 2.70. The average molecular weight is 398 g/mol. The highest BCUT2D eigenvalue weighted by Crippen LogP contribution is 2.29. The third kappa shape index (κ3) is 5.54. The largest absolute Gasteiger partial charge is 0.707 e. The summed E-state index contributed by atoms with van der Waals surface area (Å²) in [7, 11) is -2.70. The van der Waals surface area contributed by atoms with Gasteiger partial charge >= 0.3 is 7.32 Å². The molecule has 0 saturated heterocycles. The van der Waals surface area contributed by atoms with Gasteiger partial charge in [-0.15, -0.1) is 0 Å². The van der Waals surface area contributed by atoms with E-state index in [1.165, 1.54) is 11.1 Å². The number of hydrogen-bond acceptors (Lipinski definition) is 3. The third-order valence-electron chi connectivity index (χ3n) is 3.27. The van der Waals surface area contributed by atoms with E-state index in [1.54, 1.807) is 0 Å². The van der Waals surface area contributed by atoms with Gasteiger partial charge in [-0.1, -0.05) is 68.1 Å². The van der Waals surface area contributed by atoms with Crippen LogP contribution < -0.4 is 4.65 Å². The minimum atomic E-state index is -2.70. The molecule has 0 aliphatic rings. The van der Waals surface area contributed by atoms with Crippen molar-refractivity contribution in [3.8, 4) is 16.9 Å². The molecule has 28 heavy (non-hydrogen) atoms. The Kier molecular flexibility index (Phi) is 8.62. The van der Waals surface area contributed by atoms with E-state index >= 15 is 0 Å². The summed E-state index contributed by atoms with van der Waals surface area (Å²) < 4.78 is 66.3. The van der Waals surface area contributed by atoms with E-state index in [2.05, 4.69) is 53.2 Å². The normalized spacial score (nSPS) is 9.68. The van der Waals surface area contributed by atoms with Gasteiger partial charge < -0.3 is 14.7 Å². The summed E-state index contributed by atoms with van der Waals surface area (Å²) in [6.45, 7) is 0. The number of halogens is 5. The van der Waals surface area contributed by atoms with Gasteiger partial charge in [0, 0.05) is 0 Å². The third-order valence-corrected chi connectivity index (χ3v) is 3.27. The van der Waals surface area contributed by atoms with Gasteiger partial charge in [-0.3, -0.25) is 0 Å². The van der Waals surface area contributed by atoms with Crippen LogP contribution in [0.3, 0.4) is 0 Å². The summed E-state index contributed by atoms with van der Waals surface area (Å²) in [6, 6.07) is 20.8.